The first-order valence-electron chi connectivity index (χ1n) is 3.13. The number of aryl methyl sites for hydroxylation is 1. The zero-order chi connectivity index (χ0) is 7.56. The Hall–Kier alpha value is 0.140. The van der Waals surface area contributed by atoms with Crippen molar-refractivity contribution < 1.29 is 0 Å². The third-order valence-corrected chi connectivity index (χ3v) is 3.40. The van der Waals surface area contributed by atoms with Crippen molar-refractivity contribution in [3.05, 3.63) is 20.3 Å². The molecular formula is C7H10BrNS. The molecule has 56 valence electrons. The van der Waals surface area contributed by atoms with Crippen molar-refractivity contribution in [1.82, 2.24) is 5.32 Å². The van der Waals surface area contributed by atoms with E-state index < -0.39 is 0 Å². The van der Waals surface area contributed by atoms with Crippen molar-refractivity contribution >= 4 is 27.3 Å². The average molecular weight is 220 g/mol. The third kappa shape index (κ3) is 1.81. The first-order valence-corrected chi connectivity index (χ1v) is 4.74. The maximum absolute atomic E-state index is 3.48. The molecule has 1 nitrogen and oxygen atoms in total. The minimum absolute atomic E-state index is 0.969. The Morgan fingerprint density at radius 3 is 2.80 bits per heavy atom. The highest BCUT2D eigenvalue weighted by Crippen LogP contribution is 2.26. The third-order valence-electron chi connectivity index (χ3n) is 1.26. The normalized spacial score (nSPS) is 10.3. The molecule has 1 N–H and O–H groups in total. The Balaban J connectivity index is 2.77. The minimum Gasteiger partial charge on any atom is -0.315 e. The number of hydrogen-bond acceptors (Lipinski definition) is 2. The van der Waals surface area contributed by atoms with Crippen molar-refractivity contribution in [3.8, 4) is 0 Å². The molecule has 1 heterocycles. The van der Waals surface area contributed by atoms with E-state index in [0.717, 1.165) is 6.54 Å². The molecule has 0 bridgehead atoms. The second-order valence-corrected chi connectivity index (χ2v) is 4.65. The quantitative estimate of drug-likeness (QED) is 0.807. The first-order chi connectivity index (χ1) is 4.74. The largest absolute Gasteiger partial charge is 0.315 e. The highest BCUT2D eigenvalue weighted by atomic mass is 79.9. The summed E-state index contributed by atoms with van der Waals surface area (Å²) >= 11 is 5.27. The Labute approximate surface area is 73.6 Å². The minimum atomic E-state index is 0.969. The Bertz CT molecular complexity index is 200. The molecule has 10 heavy (non-hydrogen) atoms. The fraction of sp³-hybridized carbons (Fsp3) is 0.429. The molecule has 1 aromatic rings. The van der Waals surface area contributed by atoms with Crippen LogP contribution in [0.1, 0.15) is 10.4 Å². The monoisotopic (exact) mass is 219 g/mol. The molecule has 0 saturated carbocycles. The SMILES string of the molecule is CNCc1cc(C)c(Br)s1. The predicted octanol–water partition coefficient (Wildman–Crippen LogP) is 2.54. The summed E-state index contributed by atoms with van der Waals surface area (Å²) in [5.41, 5.74) is 1.33. The molecule has 0 aliphatic heterocycles. The summed E-state index contributed by atoms with van der Waals surface area (Å²) in [6.45, 7) is 3.08. The van der Waals surface area contributed by atoms with Gasteiger partial charge >= 0.3 is 0 Å². The summed E-state index contributed by atoms with van der Waals surface area (Å²) in [4.78, 5) is 1.38. The highest BCUT2D eigenvalue weighted by molar-refractivity contribution is 9.11. The van der Waals surface area contributed by atoms with Gasteiger partial charge in [0.05, 0.1) is 3.79 Å². The first kappa shape index (κ1) is 8.24. The summed E-state index contributed by atoms with van der Waals surface area (Å²) in [7, 11) is 1.96. The highest BCUT2D eigenvalue weighted by Gasteiger charge is 2.00. The van der Waals surface area contributed by atoms with Crippen LogP contribution in [0.15, 0.2) is 9.85 Å². The lowest BCUT2D eigenvalue weighted by molar-refractivity contribution is 0.831. The molecule has 1 aromatic heterocycles. The smallest absolute Gasteiger partial charge is 0.0730 e. The van der Waals surface area contributed by atoms with Crippen molar-refractivity contribution in [3.63, 3.8) is 0 Å². The lowest BCUT2D eigenvalue weighted by Crippen LogP contribution is -2.02. The van der Waals surface area contributed by atoms with Crippen molar-refractivity contribution in [2.75, 3.05) is 7.05 Å². The fourth-order valence-electron chi connectivity index (χ4n) is 0.785. The molecular weight excluding hydrogens is 210 g/mol. The molecule has 0 aromatic carbocycles. The molecule has 0 aliphatic carbocycles. The van der Waals surface area contributed by atoms with Gasteiger partial charge in [-0.1, -0.05) is 0 Å². The van der Waals surface area contributed by atoms with E-state index in [0.29, 0.717) is 0 Å². The predicted molar refractivity (Wildman–Crippen MR) is 49.5 cm³/mol. The number of rotatable bonds is 2. The van der Waals surface area contributed by atoms with E-state index in [1.54, 1.807) is 11.3 Å². The van der Waals surface area contributed by atoms with Crippen LogP contribution >= 0.6 is 27.3 Å². The maximum atomic E-state index is 3.48. The zero-order valence-electron chi connectivity index (χ0n) is 6.07. The Morgan fingerprint density at radius 2 is 2.40 bits per heavy atom. The molecule has 0 amide bonds. The molecule has 0 fully saturated rings. The summed E-state index contributed by atoms with van der Waals surface area (Å²) in [5.74, 6) is 0. The van der Waals surface area contributed by atoms with E-state index in [2.05, 4.69) is 34.2 Å². The van der Waals surface area contributed by atoms with E-state index >= 15 is 0 Å². The lowest BCUT2D eigenvalue weighted by atomic mass is 10.3. The molecule has 0 atom stereocenters. The molecule has 1 rings (SSSR count). The van der Waals surface area contributed by atoms with Crippen LogP contribution in [-0.4, -0.2) is 7.05 Å². The Kier molecular flexibility index (Phi) is 2.89. The van der Waals surface area contributed by atoms with E-state index in [9.17, 15) is 0 Å². The summed E-state index contributed by atoms with van der Waals surface area (Å²) < 4.78 is 1.25. The van der Waals surface area contributed by atoms with Gasteiger partial charge in [0.25, 0.3) is 0 Å². The molecule has 0 saturated heterocycles. The number of nitrogens with one attached hydrogen (secondary N) is 1. The second kappa shape index (κ2) is 3.51. The van der Waals surface area contributed by atoms with Gasteiger partial charge in [0.1, 0.15) is 0 Å². The van der Waals surface area contributed by atoms with Gasteiger partial charge in [0, 0.05) is 11.4 Å². The van der Waals surface area contributed by atoms with Gasteiger partial charge in [-0.25, -0.2) is 0 Å². The van der Waals surface area contributed by atoms with Crippen LogP contribution in [0.5, 0.6) is 0 Å². The zero-order valence-corrected chi connectivity index (χ0v) is 8.47. The van der Waals surface area contributed by atoms with Gasteiger partial charge in [0.15, 0.2) is 0 Å². The van der Waals surface area contributed by atoms with Crippen LogP contribution in [-0.2, 0) is 6.54 Å². The molecule has 0 aliphatic rings. The molecule has 3 heteroatoms. The topological polar surface area (TPSA) is 12.0 Å². The molecule has 0 radical (unpaired) electrons. The van der Waals surface area contributed by atoms with Gasteiger partial charge in [-0.15, -0.1) is 11.3 Å². The number of halogens is 1. The van der Waals surface area contributed by atoms with Gasteiger partial charge in [0.2, 0.25) is 0 Å². The van der Waals surface area contributed by atoms with Crippen molar-refractivity contribution in [2.45, 2.75) is 13.5 Å². The summed E-state index contributed by atoms with van der Waals surface area (Å²) in [6, 6.07) is 2.20. The van der Waals surface area contributed by atoms with E-state index in [1.807, 2.05) is 7.05 Å². The van der Waals surface area contributed by atoms with E-state index in [4.69, 9.17) is 0 Å². The molecule has 0 spiro atoms. The summed E-state index contributed by atoms with van der Waals surface area (Å²) in [5, 5.41) is 3.11. The number of hydrogen-bond donors (Lipinski definition) is 1. The van der Waals surface area contributed by atoms with Crippen LogP contribution < -0.4 is 5.32 Å². The van der Waals surface area contributed by atoms with Crippen LogP contribution in [0, 0.1) is 6.92 Å². The van der Waals surface area contributed by atoms with Crippen LogP contribution in [0.25, 0.3) is 0 Å². The van der Waals surface area contributed by atoms with Crippen molar-refractivity contribution in [1.29, 1.82) is 0 Å². The fourth-order valence-corrected chi connectivity index (χ4v) is 2.43. The van der Waals surface area contributed by atoms with Gasteiger partial charge < -0.3 is 5.32 Å². The lowest BCUT2D eigenvalue weighted by Gasteiger charge is -1.89. The van der Waals surface area contributed by atoms with Crippen molar-refractivity contribution in [2.24, 2.45) is 0 Å². The van der Waals surface area contributed by atoms with Gasteiger partial charge in [-0.2, -0.15) is 0 Å². The number of thiophene rings is 1. The van der Waals surface area contributed by atoms with E-state index in [1.165, 1.54) is 14.2 Å². The van der Waals surface area contributed by atoms with Crippen LogP contribution in [0.3, 0.4) is 0 Å². The van der Waals surface area contributed by atoms with Crippen LogP contribution in [0.2, 0.25) is 0 Å². The van der Waals surface area contributed by atoms with Gasteiger partial charge in [-0.05, 0) is 41.5 Å². The van der Waals surface area contributed by atoms with E-state index in [-0.39, 0.29) is 0 Å². The average Bonchev–Trinajstić information content (AvgIpc) is 2.14. The molecule has 0 unspecified atom stereocenters. The standard InChI is InChI=1S/C7H10BrNS/c1-5-3-6(4-9-2)10-7(5)8/h3,9H,4H2,1-2H3. The Morgan fingerprint density at radius 1 is 1.70 bits per heavy atom. The maximum Gasteiger partial charge on any atom is 0.0730 e. The van der Waals surface area contributed by atoms with Crippen LogP contribution in [0.4, 0.5) is 0 Å². The summed E-state index contributed by atoms with van der Waals surface area (Å²) in [6.07, 6.45) is 0. The van der Waals surface area contributed by atoms with Gasteiger partial charge in [-0.3, -0.25) is 0 Å². The second-order valence-electron chi connectivity index (χ2n) is 2.20.